The van der Waals surface area contributed by atoms with Gasteiger partial charge in [-0.2, -0.15) is 0 Å². The van der Waals surface area contributed by atoms with Crippen molar-refractivity contribution in [3.8, 4) is 5.75 Å². The summed E-state index contributed by atoms with van der Waals surface area (Å²) in [5, 5.41) is 32.6. The minimum absolute atomic E-state index is 0. The molecular formula is C84H175N13O9. The van der Waals surface area contributed by atoms with Crippen LogP contribution in [0.4, 0.5) is 0 Å². The van der Waals surface area contributed by atoms with Gasteiger partial charge in [0.25, 0.3) is 17.7 Å². The van der Waals surface area contributed by atoms with Gasteiger partial charge in [-0.1, -0.05) is 155 Å². The number of aromatic nitrogens is 4. The highest BCUT2D eigenvalue weighted by atomic mass is 16.3. The molecule has 0 spiro atoms. The number of nitrogens with zero attached hydrogens (tertiary/aromatic N) is 4. The van der Waals surface area contributed by atoms with Gasteiger partial charge in [-0.3, -0.25) is 38.4 Å². The Labute approximate surface area is 653 Å². The second-order valence-electron chi connectivity index (χ2n) is 30.8. The van der Waals surface area contributed by atoms with Crippen LogP contribution in [-0.2, 0) is 45.1 Å². The number of nitrogens with one attached hydrogen (secondary N) is 8. The molecule has 3 aromatic rings. The van der Waals surface area contributed by atoms with Gasteiger partial charge >= 0.3 is 0 Å². The lowest BCUT2D eigenvalue weighted by atomic mass is 10.0. The number of carbonyl (C=O) groups excluding carboxylic acids is 8. The average molecular weight is 1510 g/mol. The van der Waals surface area contributed by atoms with Crippen LogP contribution in [0.25, 0.3) is 0 Å². The van der Waals surface area contributed by atoms with E-state index in [0.29, 0.717) is 78.6 Å². The molecule has 1 atom stereocenters. The molecule has 630 valence electrons. The zero-order valence-electron chi connectivity index (χ0n) is 69.7. The van der Waals surface area contributed by atoms with E-state index in [9.17, 15) is 43.5 Å². The van der Waals surface area contributed by atoms with E-state index in [1.807, 2.05) is 217 Å². The fraction of sp³-hybridized carbons (Fsp3) is 0.750. The van der Waals surface area contributed by atoms with Crippen molar-refractivity contribution in [2.75, 3.05) is 0 Å². The molecule has 0 aliphatic heterocycles. The van der Waals surface area contributed by atoms with Crippen LogP contribution >= 0.6 is 0 Å². The van der Waals surface area contributed by atoms with E-state index in [2.05, 4.69) is 102 Å². The normalized spacial score (nSPS) is 10.4. The molecule has 22 nitrogen and oxygen atoms in total. The minimum atomic E-state index is -0.354. The first kappa shape index (κ1) is 126. The number of amides is 8. The molecule has 22 heteroatoms. The third kappa shape index (κ3) is 70.0. The summed E-state index contributed by atoms with van der Waals surface area (Å²) in [5.74, 6) is 4.11. The first-order valence-electron chi connectivity index (χ1n) is 36.4. The molecule has 0 saturated carbocycles. The summed E-state index contributed by atoms with van der Waals surface area (Å²) in [5.41, 5.74) is 9.67. The van der Waals surface area contributed by atoms with Gasteiger partial charge in [-0.05, 0) is 176 Å². The topological polar surface area (TPSA) is 307 Å². The van der Waals surface area contributed by atoms with Crippen LogP contribution in [0.2, 0.25) is 0 Å². The van der Waals surface area contributed by atoms with Crippen LogP contribution in [0.1, 0.15) is 364 Å². The van der Waals surface area contributed by atoms with Crippen molar-refractivity contribution in [3.05, 3.63) is 71.8 Å². The fourth-order valence-electron chi connectivity index (χ4n) is 8.45. The fourth-order valence-corrected chi connectivity index (χ4v) is 8.45. The Morgan fingerprint density at radius 1 is 0.387 bits per heavy atom. The Hall–Kier alpha value is -6.97. The SMILES string of the molecule is C.C.C.C.C.C.C=C.CC(C)CC(=O)NC(C)C.CC(C)CC(=O)NC(C)C.CC(C)CC(=O)NC(C)C.CC(C)CC(=O)NC(C)C.CC(C)CC(N)C(=O)NC(C)C.CC(C)NC(=O)c1c(O)c(C(C)C)cn1C.CC(C)NC(=O)c1cc(C(C)C)cn1C.CC(C)NC(=O)c1nc(C(C)C)cn1C. The summed E-state index contributed by atoms with van der Waals surface area (Å²) in [6.45, 7) is 70.0. The number of hydrogen-bond donors (Lipinski definition) is 10. The monoisotopic (exact) mass is 1510 g/mol. The number of nitrogens with two attached hydrogens (primary N) is 1. The molecule has 0 saturated heterocycles. The van der Waals surface area contributed by atoms with E-state index in [0.717, 1.165) is 23.4 Å². The summed E-state index contributed by atoms with van der Waals surface area (Å²) < 4.78 is 5.32. The summed E-state index contributed by atoms with van der Waals surface area (Å²) in [6.07, 6.45) is 9.01. The largest absolute Gasteiger partial charge is 0.505 e. The van der Waals surface area contributed by atoms with E-state index in [1.165, 1.54) is 5.56 Å². The Morgan fingerprint density at radius 2 is 0.689 bits per heavy atom. The molecule has 1 unspecified atom stereocenters. The molecule has 0 bridgehead atoms. The minimum Gasteiger partial charge on any atom is -0.505 e. The molecule has 0 aliphatic rings. The molecule has 0 aromatic carbocycles. The molecule has 8 amide bonds. The maximum atomic E-state index is 11.8. The Bertz CT molecular complexity index is 2500. The first-order chi connectivity index (χ1) is 45.7. The van der Waals surface area contributed by atoms with Crippen LogP contribution in [0.3, 0.4) is 0 Å². The highest BCUT2D eigenvalue weighted by Crippen LogP contribution is 2.30. The predicted molar refractivity (Wildman–Crippen MR) is 459 cm³/mol. The molecule has 0 aliphatic carbocycles. The third-order valence-corrected chi connectivity index (χ3v) is 12.6. The summed E-state index contributed by atoms with van der Waals surface area (Å²) in [6, 6.07) is 3.23. The number of imidazole rings is 1. The van der Waals surface area contributed by atoms with Crippen molar-refractivity contribution in [2.45, 2.75) is 370 Å². The predicted octanol–water partition coefficient (Wildman–Crippen LogP) is 17.7. The molecule has 3 heterocycles. The second-order valence-corrected chi connectivity index (χ2v) is 30.8. The van der Waals surface area contributed by atoms with Crippen LogP contribution in [-0.4, -0.2) is 125 Å². The van der Waals surface area contributed by atoms with Crippen molar-refractivity contribution in [2.24, 2.45) is 56.5 Å². The smallest absolute Gasteiger partial charge is 0.287 e. The highest BCUT2D eigenvalue weighted by Gasteiger charge is 2.22. The van der Waals surface area contributed by atoms with E-state index in [4.69, 9.17) is 5.73 Å². The number of rotatable bonds is 25. The van der Waals surface area contributed by atoms with Gasteiger partial charge in [0, 0.05) is 119 Å². The van der Waals surface area contributed by atoms with E-state index >= 15 is 0 Å². The van der Waals surface area contributed by atoms with Gasteiger partial charge < -0.3 is 67.1 Å². The number of aromatic hydroxyl groups is 1. The molecular weight excluding hydrogens is 1340 g/mol. The van der Waals surface area contributed by atoms with Crippen molar-refractivity contribution < 1.29 is 43.5 Å². The van der Waals surface area contributed by atoms with Crippen LogP contribution in [0.5, 0.6) is 5.75 Å². The average Bonchev–Trinajstić information content (AvgIpc) is 1.68. The molecule has 0 fully saturated rings. The lowest BCUT2D eigenvalue weighted by Crippen LogP contribution is -2.44. The standard InChI is InChI=1S/C12H20N2O2.C12H20N2O.C11H19N3O.C9H20N2O.4C8H17NO.C2H4.6CH4/c1-7(2)9-6-14(5)10(11(9)15)12(16)13-8(3)4;1-8(2)10-6-11(14(5)7-10)12(15)13-9(3)4;1-7(2)9-6-14(5)10(13-9)11(15)12-8(3)4;1-6(2)5-8(10)9(12)11-7(3)4;4*1-6(2)5-8(10)9-7(3)4;1-2;;;;;;/h6-8,15H,1-5H3,(H,13,16);6-9H,1-5H3,(H,13,15);6-8H,1-5H3,(H,12,15);6-8H,5,10H2,1-4H3,(H,11,12);4*6-7H,5H2,1-4H3,(H,9,10);1-2H2;6*1H4. The van der Waals surface area contributed by atoms with E-state index < -0.39 is 0 Å². The second kappa shape index (κ2) is 68.6. The zero-order valence-corrected chi connectivity index (χ0v) is 69.7. The van der Waals surface area contributed by atoms with E-state index in [-0.39, 0.29) is 158 Å². The van der Waals surface area contributed by atoms with Gasteiger partial charge in [-0.25, -0.2) is 4.98 Å². The van der Waals surface area contributed by atoms with E-state index in [1.54, 1.807) is 22.4 Å². The summed E-state index contributed by atoms with van der Waals surface area (Å²) in [4.78, 5) is 94.7. The zero-order chi connectivity index (χ0) is 79.9. The number of carbonyl (C=O) groups is 8. The summed E-state index contributed by atoms with van der Waals surface area (Å²) >= 11 is 0. The molecule has 106 heavy (non-hydrogen) atoms. The molecule has 3 aromatic heterocycles. The third-order valence-electron chi connectivity index (χ3n) is 12.6. The molecule has 0 radical (unpaired) electrons. The Kier molecular flexibility index (Phi) is 81.3. The quantitative estimate of drug-likeness (QED) is 0.0356. The first-order valence-corrected chi connectivity index (χ1v) is 36.4. The van der Waals surface area contributed by atoms with Gasteiger partial charge in [0.2, 0.25) is 29.5 Å². The van der Waals surface area contributed by atoms with Gasteiger partial charge in [0.15, 0.2) is 5.82 Å². The maximum absolute atomic E-state index is 11.8. The maximum Gasteiger partial charge on any atom is 0.287 e. The lowest BCUT2D eigenvalue weighted by molar-refractivity contribution is -0.123. The van der Waals surface area contributed by atoms with Crippen LogP contribution in [0.15, 0.2) is 37.8 Å². The lowest BCUT2D eigenvalue weighted by Gasteiger charge is -2.15. The van der Waals surface area contributed by atoms with Crippen LogP contribution in [0, 0.1) is 29.6 Å². The van der Waals surface area contributed by atoms with Gasteiger partial charge in [0.1, 0.15) is 17.1 Å². The van der Waals surface area contributed by atoms with Crippen molar-refractivity contribution in [1.82, 2.24) is 61.2 Å². The van der Waals surface area contributed by atoms with Gasteiger partial charge in [0.05, 0.1) is 11.7 Å². The van der Waals surface area contributed by atoms with Crippen molar-refractivity contribution in [1.29, 1.82) is 0 Å². The molecule has 11 N–H and O–H groups in total. The van der Waals surface area contributed by atoms with Gasteiger partial charge in [-0.15, -0.1) is 13.2 Å². The Balaban J connectivity index is -0.0000000949. The molecule has 3 rings (SSSR count). The van der Waals surface area contributed by atoms with Crippen molar-refractivity contribution >= 4 is 47.3 Å². The Morgan fingerprint density at radius 3 is 0.925 bits per heavy atom. The van der Waals surface area contributed by atoms with Crippen molar-refractivity contribution in [3.63, 3.8) is 0 Å². The highest BCUT2D eigenvalue weighted by molar-refractivity contribution is 5.96. The number of aryl methyl sites for hydroxylation is 3. The number of hydrogen-bond acceptors (Lipinski definition) is 11. The summed E-state index contributed by atoms with van der Waals surface area (Å²) in [7, 11) is 5.51. The van der Waals surface area contributed by atoms with Crippen LogP contribution < -0.4 is 48.3 Å².